The summed E-state index contributed by atoms with van der Waals surface area (Å²) in [6.45, 7) is 7.70. The van der Waals surface area contributed by atoms with Crippen LogP contribution in [0.2, 0.25) is 0 Å². The van der Waals surface area contributed by atoms with Gasteiger partial charge in [-0.3, -0.25) is 9.89 Å². The van der Waals surface area contributed by atoms with Crippen LogP contribution in [0.3, 0.4) is 0 Å². The van der Waals surface area contributed by atoms with E-state index in [-0.39, 0.29) is 5.92 Å². The van der Waals surface area contributed by atoms with E-state index in [1.807, 2.05) is 19.1 Å². The molecular weight excluding hydrogens is 440 g/mol. The fourth-order valence-electron chi connectivity index (χ4n) is 5.75. The highest BCUT2D eigenvalue weighted by molar-refractivity contribution is 5.79. The van der Waals surface area contributed by atoms with E-state index in [2.05, 4.69) is 37.3 Å². The number of piperazine rings is 1. The number of aromatic nitrogens is 4. The summed E-state index contributed by atoms with van der Waals surface area (Å²) in [5.74, 6) is 4.40. The molecule has 0 aromatic carbocycles. The first-order valence-corrected chi connectivity index (χ1v) is 13.4. The standard InChI is InChI=1S/C26H40N8O/c1-19-15-24(31-30-19)28-23-17-25(33-13-11-32(2)12-14-33)29-22(27-23)16-20-7-6-10-34(18-20)26(35)21-8-4-3-5-9-21/h15,17,20-21H,3-14,16,18H2,1-2H3,(H2,27,28,29,30,31)/t20-/m0/s1. The van der Waals surface area contributed by atoms with E-state index in [4.69, 9.17) is 9.97 Å². The third-order valence-corrected chi connectivity index (χ3v) is 7.80. The number of aryl methyl sites for hydroxylation is 1. The first-order valence-electron chi connectivity index (χ1n) is 13.4. The van der Waals surface area contributed by atoms with Crippen LogP contribution < -0.4 is 10.2 Å². The molecule has 9 heteroatoms. The molecule has 0 unspecified atom stereocenters. The summed E-state index contributed by atoms with van der Waals surface area (Å²) in [6, 6.07) is 4.02. The largest absolute Gasteiger partial charge is 0.354 e. The summed E-state index contributed by atoms with van der Waals surface area (Å²) in [4.78, 5) is 29.9. The van der Waals surface area contributed by atoms with Crippen molar-refractivity contribution in [1.82, 2.24) is 30.0 Å². The van der Waals surface area contributed by atoms with Crippen LogP contribution in [0.5, 0.6) is 0 Å². The van der Waals surface area contributed by atoms with E-state index in [9.17, 15) is 4.79 Å². The lowest BCUT2D eigenvalue weighted by Crippen LogP contribution is -2.45. The number of anilines is 3. The molecule has 2 aliphatic heterocycles. The van der Waals surface area contributed by atoms with Crippen molar-refractivity contribution >= 4 is 23.4 Å². The van der Waals surface area contributed by atoms with Crippen LogP contribution in [-0.2, 0) is 11.2 Å². The molecule has 5 rings (SSSR count). The van der Waals surface area contributed by atoms with Crippen molar-refractivity contribution in [2.45, 2.75) is 58.3 Å². The normalized spacial score (nSPS) is 22.4. The van der Waals surface area contributed by atoms with Crippen molar-refractivity contribution in [2.75, 3.05) is 56.5 Å². The number of piperidine rings is 1. The van der Waals surface area contributed by atoms with Crippen LogP contribution in [0.15, 0.2) is 12.1 Å². The minimum absolute atomic E-state index is 0.243. The molecule has 2 N–H and O–H groups in total. The molecule has 190 valence electrons. The van der Waals surface area contributed by atoms with Crippen LogP contribution in [-0.4, -0.2) is 82.2 Å². The Morgan fingerprint density at radius 1 is 1.00 bits per heavy atom. The Hall–Kier alpha value is -2.68. The van der Waals surface area contributed by atoms with Gasteiger partial charge in [0, 0.05) is 69.4 Å². The van der Waals surface area contributed by atoms with Gasteiger partial charge in [0.1, 0.15) is 17.5 Å². The van der Waals surface area contributed by atoms with E-state index in [0.717, 1.165) is 100 Å². The number of amides is 1. The van der Waals surface area contributed by atoms with Crippen molar-refractivity contribution in [3.63, 3.8) is 0 Å². The number of hydrogen-bond acceptors (Lipinski definition) is 7. The monoisotopic (exact) mass is 480 g/mol. The fourth-order valence-corrected chi connectivity index (χ4v) is 5.75. The first-order chi connectivity index (χ1) is 17.0. The van der Waals surface area contributed by atoms with Gasteiger partial charge in [0.15, 0.2) is 5.82 Å². The molecule has 3 aliphatic rings. The lowest BCUT2D eigenvalue weighted by Gasteiger charge is -2.36. The number of aromatic amines is 1. The Labute approximate surface area is 208 Å². The van der Waals surface area contributed by atoms with Gasteiger partial charge in [0.25, 0.3) is 0 Å². The van der Waals surface area contributed by atoms with Crippen molar-refractivity contribution in [2.24, 2.45) is 11.8 Å². The topological polar surface area (TPSA) is 93.3 Å². The van der Waals surface area contributed by atoms with Crippen LogP contribution in [0.4, 0.5) is 17.5 Å². The highest BCUT2D eigenvalue weighted by Crippen LogP contribution is 2.29. The summed E-state index contributed by atoms with van der Waals surface area (Å²) in [5, 5.41) is 10.7. The summed E-state index contributed by atoms with van der Waals surface area (Å²) in [7, 11) is 2.17. The summed E-state index contributed by atoms with van der Waals surface area (Å²) >= 11 is 0. The third kappa shape index (κ3) is 6.12. The maximum atomic E-state index is 13.2. The maximum Gasteiger partial charge on any atom is 0.225 e. The Morgan fingerprint density at radius 2 is 1.80 bits per heavy atom. The molecule has 1 saturated carbocycles. The average molecular weight is 481 g/mol. The molecule has 2 aromatic rings. The number of carbonyl (C=O) groups is 1. The minimum Gasteiger partial charge on any atom is -0.354 e. The number of carbonyl (C=O) groups excluding carboxylic acids is 1. The number of nitrogens with one attached hydrogen (secondary N) is 2. The number of likely N-dealkylation sites (tertiary alicyclic amines) is 1. The highest BCUT2D eigenvalue weighted by atomic mass is 16.2. The van der Waals surface area contributed by atoms with Gasteiger partial charge in [0.05, 0.1) is 0 Å². The van der Waals surface area contributed by atoms with Crippen molar-refractivity contribution in [3.05, 3.63) is 23.7 Å². The van der Waals surface area contributed by atoms with Crippen LogP contribution in [0.1, 0.15) is 56.5 Å². The summed E-state index contributed by atoms with van der Waals surface area (Å²) in [6.07, 6.45) is 8.80. The number of likely N-dealkylation sites (N-methyl/N-ethyl adjacent to an activating group) is 1. The minimum atomic E-state index is 0.243. The summed E-state index contributed by atoms with van der Waals surface area (Å²) in [5.41, 5.74) is 1.01. The van der Waals surface area contributed by atoms with Gasteiger partial charge in [-0.05, 0) is 45.6 Å². The smallest absolute Gasteiger partial charge is 0.225 e. The molecule has 0 bridgehead atoms. The Kier molecular flexibility index (Phi) is 7.51. The van der Waals surface area contributed by atoms with Crippen molar-refractivity contribution in [3.8, 4) is 0 Å². The van der Waals surface area contributed by atoms with Crippen LogP contribution in [0.25, 0.3) is 0 Å². The van der Waals surface area contributed by atoms with E-state index in [1.165, 1.54) is 19.3 Å². The molecule has 0 radical (unpaired) electrons. The average Bonchev–Trinajstić information content (AvgIpc) is 3.29. The molecule has 3 fully saturated rings. The second-order valence-corrected chi connectivity index (χ2v) is 10.7. The predicted octanol–water partition coefficient (Wildman–Crippen LogP) is 3.36. The molecule has 4 heterocycles. The SMILES string of the molecule is Cc1cc(Nc2cc(N3CCN(C)CC3)nc(C[C@@H]3CCCN(C(=O)C4CCCCC4)C3)n2)n[nH]1. The molecule has 1 amide bonds. The lowest BCUT2D eigenvalue weighted by atomic mass is 9.87. The van der Waals surface area contributed by atoms with E-state index < -0.39 is 0 Å². The van der Waals surface area contributed by atoms with Crippen molar-refractivity contribution < 1.29 is 4.79 Å². The Bertz CT molecular complexity index is 993. The number of hydrogen-bond donors (Lipinski definition) is 2. The zero-order valence-corrected chi connectivity index (χ0v) is 21.3. The third-order valence-electron chi connectivity index (χ3n) is 7.80. The van der Waals surface area contributed by atoms with Gasteiger partial charge >= 0.3 is 0 Å². The fraction of sp³-hybridized carbons (Fsp3) is 0.692. The van der Waals surface area contributed by atoms with Crippen LogP contribution >= 0.6 is 0 Å². The zero-order chi connectivity index (χ0) is 24.2. The first kappa shape index (κ1) is 24.0. The second kappa shape index (κ2) is 10.9. The van der Waals surface area contributed by atoms with Crippen molar-refractivity contribution in [1.29, 1.82) is 0 Å². The molecule has 9 nitrogen and oxygen atoms in total. The van der Waals surface area contributed by atoms with Gasteiger partial charge in [0.2, 0.25) is 5.91 Å². The molecule has 1 atom stereocenters. The zero-order valence-electron chi connectivity index (χ0n) is 21.3. The van der Waals surface area contributed by atoms with E-state index in [1.54, 1.807) is 0 Å². The highest BCUT2D eigenvalue weighted by Gasteiger charge is 2.30. The van der Waals surface area contributed by atoms with E-state index >= 15 is 0 Å². The molecule has 0 spiro atoms. The Morgan fingerprint density at radius 3 is 2.54 bits per heavy atom. The van der Waals surface area contributed by atoms with Gasteiger partial charge in [-0.15, -0.1) is 0 Å². The molecule has 1 aliphatic carbocycles. The molecular formula is C26H40N8O. The summed E-state index contributed by atoms with van der Waals surface area (Å²) < 4.78 is 0. The second-order valence-electron chi connectivity index (χ2n) is 10.7. The van der Waals surface area contributed by atoms with E-state index in [0.29, 0.717) is 11.8 Å². The number of nitrogens with zero attached hydrogens (tertiary/aromatic N) is 6. The van der Waals surface area contributed by atoms with Gasteiger partial charge in [-0.2, -0.15) is 5.10 Å². The van der Waals surface area contributed by atoms with Gasteiger partial charge in [-0.1, -0.05) is 19.3 Å². The molecule has 2 aromatic heterocycles. The van der Waals surface area contributed by atoms with Gasteiger partial charge in [-0.25, -0.2) is 9.97 Å². The number of H-pyrrole nitrogens is 1. The lowest BCUT2D eigenvalue weighted by molar-refractivity contribution is -0.138. The van der Waals surface area contributed by atoms with Gasteiger partial charge < -0.3 is 20.0 Å². The predicted molar refractivity (Wildman–Crippen MR) is 138 cm³/mol. The quantitative estimate of drug-likeness (QED) is 0.655. The molecule has 2 saturated heterocycles. The van der Waals surface area contributed by atoms with Crippen LogP contribution in [0, 0.1) is 18.8 Å². The number of rotatable bonds is 6. The Balaban J connectivity index is 1.31. The molecule has 35 heavy (non-hydrogen) atoms. The maximum absolute atomic E-state index is 13.2.